The van der Waals surface area contributed by atoms with Gasteiger partial charge in [-0.05, 0) is 6.42 Å². The van der Waals surface area contributed by atoms with Crippen molar-refractivity contribution in [3.63, 3.8) is 0 Å². The Balaban J connectivity index is 0.00000578. The zero-order chi connectivity index (χ0) is 23.9. The molecule has 2 rings (SSSR count). The number of nitro benzene ring substituents is 1. The van der Waals surface area contributed by atoms with Crippen LogP contribution in [0.5, 0.6) is 0 Å². The summed E-state index contributed by atoms with van der Waals surface area (Å²) in [7, 11) is 2.20. The number of unbranched alkanes of at least 4 members (excludes halogenated alkanes) is 10. The van der Waals surface area contributed by atoms with Crippen LogP contribution in [-0.4, -0.2) is 53.4 Å². The average Bonchev–Trinajstić information content (AvgIpc) is 2.99. The Bertz CT molecular complexity index is 731. The molecule has 1 fully saturated rings. The second-order valence-electron chi connectivity index (χ2n) is 10.2. The molecule has 0 aromatic heterocycles. The van der Waals surface area contributed by atoms with Gasteiger partial charge in [-0.15, -0.1) is 0 Å². The Labute approximate surface area is 217 Å². The zero-order valence-electron chi connectivity index (χ0n) is 21.5. The molecule has 1 aliphatic heterocycles. The summed E-state index contributed by atoms with van der Waals surface area (Å²) < 4.78 is 0.823. The summed E-state index contributed by atoms with van der Waals surface area (Å²) in [6.07, 6.45) is 15.9. The molecule has 6 nitrogen and oxygen atoms in total. The summed E-state index contributed by atoms with van der Waals surface area (Å²) in [5, 5.41) is 11.1. The lowest BCUT2D eigenvalue weighted by molar-refractivity contribution is -0.920. The fraction of sp³-hybridized carbons (Fsp3) is 0.741. The predicted octanol–water partition coefficient (Wildman–Crippen LogP) is 3.48. The minimum absolute atomic E-state index is 0. The van der Waals surface area contributed by atoms with Crippen LogP contribution in [0.1, 0.15) is 96.0 Å². The first kappa shape index (κ1) is 30.6. The number of non-ortho nitro benzene ring substituents is 1. The van der Waals surface area contributed by atoms with Gasteiger partial charge in [0.25, 0.3) is 5.69 Å². The van der Waals surface area contributed by atoms with Gasteiger partial charge in [-0.3, -0.25) is 14.9 Å². The van der Waals surface area contributed by atoms with Gasteiger partial charge >= 0.3 is 0 Å². The number of hydrogen-bond donors (Lipinski definition) is 0. The van der Waals surface area contributed by atoms with Gasteiger partial charge in [-0.25, -0.2) is 0 Å². The summed E-state index contributed by atoms with van der Waals surface area (Å²) in [5.74, 6) is 0.301. The van der Waals surface area contributed by atoms with Crippen molar-refractivity contribution in [1.29, 1.82) is 0 Å². The number of carbonyl (C=O) groups is 1. The fourth-order valence-electron chi connectivity index (χ4n) is 4.94. The Kier molecular flexibility index (Phi) is 15.3. The third-order valence-corrected chi connectivity index (χ3v) is 7.07. The molecule has 1 aromatic carbocycles. The first-order valence-corrected chi connectivity index (χ1v) is 13.3. The summed E-state index contributed by atoms with van der Waals surface area (Å²) in [6.45, 7) is 6.53. The maximum Gasteiger partial charge on any atom is 0.269 e. The number of carbonyl (C=O) groups excluding carboxylic acids is 1. The average molecular weight is 541 g/mol. The van der Waals surface area contributed by atoms with Crippen molar-refractivity contribution in [2.45, 2.75) is 96.9 Å². The summed E-state index contributed by atoms with van der Waals surface area (Å²) >= 11 is 0. The molecule has 7 heteroatoms. The number of halogens is 1. The predicted molar refractivity (Wildman–Crippen MR) is 135 cm³/mol. The van der Waals surface area contributed by atoms with Crippen LogP contribution in [0, 0.1) is 10.1 Å². The molecule has 0 aliphatic carbocycles. The molecule has 194 valence electrons. The number of quaternary nitrogens is 1. The van der Waals surface area contributed by atoms with E-state index in [9.17, 15) is 14.9 Å². The van der Waals surface area contributed by atoms with Crippen LogP contribution >= 0.6 is 0 Å². The molecule has 1 unspecified atom stereocenters. The van der Waals surface area contributed by atoms with Gasteiger partial charge in [0.2, 0.25) is 5.91 Å². The smallest absolute Gasteiger partial charge is 0.269 e. The SMILES string of the molecule is CCCCCCCCCCCCCC(=O)N1CCC[N+](C)(Cc2cccc([N+](=O)[O-])c2)CC1.[Br-]. The molecular weight excluding hydrogens is 494 g/mol. The minimum atomic E-state index is -0.332. The van der Waals surface area contributed by atoms with Gasteiger partial charge in [-0.1, -0.05) is 83.3 Å². The Morgan fingerprint density at radius 1 is 0.971 bits per heavy atom. The Hall–Kier alpha value is -1.47. The molecule has 1 aliphatic rings. The number of likely N-dealkylation sites (N-methyl/N-ethyl adjacent to an activating group) is 1. The number of rotatable bonds is 15. The van der Waals surface area contributed by atoms with Crippen molar-refractivity contribution in [2.75, 3.05) is 33.2 Å². The van der Waals surface area contributed by atoms with E-state index in [4.69, 9.17) is 0 Å². The van der Waals surface area contributed by atoms with Gasteiger partial charge in [0.1, 0.15) is 6.54 Å². The van der Waals surface area contributed by atoms with Crippen molar-refractivity contribution >= 4 is 11.6 Å². The van der Waals surface area contributed by atoms with Crippen LogP contribution in [0.2, 0.25) is 0 Å². The van der Waals surface area contributed by atoms with Crippen LogP contribution in [0.15, 0.2) is 24.3 Å². The molecule has 0 bridgehead atoms. The highest BCUT2D eigenvalue weighted by molar-refractivity contribution is 5.76. The van der Waals surface area contributed by atoms with E-state index < -0.39 is 0 Å². The van der Waals surface area contributed by atoms with E-state index >= 15 is 0 Å². The molecule has 34 heavy (non-hydrogen) atoms. The highest BCUT2D eigenvalue weighted by Crippen LogP contribution is 2.20. The fourth-order valence-corrected chi connectivity index (χ4v) is 4.94. The Morgan fingerprint density at radius 2 is 1.59 bits per heavy atom. The standard InChI is InChI=1S/C27H46N3O3.BrH/c1-3-4-5-6-7-8-9-10-11-12-13-18-27(31)28-19-15-21-30(2,22-20-28)24-25-16-14-17-26(23-25)29(32)33;/h14,16-17,23H,3-13,15,18-22,24H2,1-2H3;1H/q+1;/p-1. The highest BCUT2D eigenvalue weighted by atomic mass is 79.9. The lowest BCUT2D eigenvalue weighted by atomic mass is 10.1. The minimum Gasteiger partial charge on any atom is -1.00 e. The van der Waals surface area contributed by atoms with Crippen molar-refractivity contribution in [2.24, 2.45) is 0 Å². The second kappa shape index (κ2) is 17.0. The van der Waals surface area contributed by atoms with E-state index in [0.29, 0.717) is 12.3 Å². The van der Waals surface area contributed by atoms with E-state index in [-0.39, 0.29) is 27.6 Å². The van der Waals surface area contributed by atoms with Crippen LogP contribution in [0.25, 0.3) is 0 Å². The van der Waals surface area contributed by atoms with E-state index in [1.165, 1.54) is 57.8 Å². The van der Waals surface area contributed by atoms with Crippen LogP contribution in [-0.2, 0) is 11.3 Å². The largest absolute Gasteiger partial charge is 1.00 e. The van der Waals surface area contributed by atoms with E-state index in [2.05, 4.69) is 14.0 Å². The summed E-state index contributed by atoms with van der Waals surface area (Å²) in [5.41, 5.74) is 1.14. The number of benzene rings is 1. The van der Waals surface area contributed by atoms with Gasteiger partial charge in [0.05, 0.1) is 31.6 Å². The molecule has 1 aromatic rings. The second-order valence-corrected chi connectivity index (χ2v) is 10.2. The molecule has 1 amide bonds. The molecule has 0 N–H and O–H groups in total. The summed E-state index contributed by atoms with van der Waals surface area (Å²) in [6, 6.07) is 6.96. The normalized spacial score (nSPS) is 18.2. The van der Waals surface area contributed by atoms with Crippen molar-refractivity contribution < 1.29 is 31.2 Å². The first-order valence-electron chi connectivity index (χ1n) is 13.3. The number of hydrogen-bond acceptors (Lipinski definition) is 3. The van der Waals surface area contributed by atoms with Crippen molar-refractivity contribution in [1.82, 2.24) is 4.90 Å². The number of nitrogens with zero attached hydrogens (tertiary/aromatic N) is 3. The highest BCUT2D eigenvalue weighted by Gasteiger charge is 2.28. The van der Waals surface area contributed by atoms with Gasteiger partial charge in [0, 0.05) is 37.1 Å². The monoisotopic (exact) mass is 539 g/mol. The number of amides is 1. The van der Waals surface area contributed by atoms with Gasteiger partial charge < -0.3 is 26.4 Å². The summed E-state index contributed by atoms with van der Waals surface area (Å²) in [4.78, 5) is 25.5. The Morgan fingerprint density at radius 3 is 2.21 bits per heavy atom. The molecule has 1 heterocycles. The third kappa shape index (κ3) is 11.8. The zero-order valence-corrected chi connectivity index (χ0v) is 23.1. The quantitative estimate of drug-likeness (QED) is 0.148. The van der Waals surface area contributed by atoms with Crippen LogP contribution in [0.4, 0.5) is 5.69 Å². The lowest BCUT2D eigenvalue weighted by Gasteiger charge is -2.33. The van der Waals surface area contributed by atoms with Crippen LogP contribution in [0.3, 0.4) is 0 Å². The van der Waals surface area contributed by atoms with E-state index in [1.807, 2.05) is 11.0 Å². The van der Waals surface area contributed by atoms with Crippen molar-refractivity contribution in [3.05, 3.63) is 39.9 Å². The van der Waals surface area contributed by atoms with Gasteiger partial charge in [-0.2, -0.15) is 0 Å². The van der Waals surface area contributed by atoms with E-state index in [1.54, 1.807) is 18.2 Å². The topological polar surface area (TPSA) is 63.5 Å². The third-order valence-electron chi connectivity index (χ3n) is 7.07. The maximum atomic E-state index is 12.7. The maximum absolute atomic E-state index is 12.7. The molecule has 0 radical (unpaired) electrons. The number of nitro groups is 1. The molecular formula is C27H46BrN3O3. The van der Waals surface area contributed by atoms with E-state index in [0.717, 1.165) is 62.0 Å². The molecule has 1 atom stereocenters. The lowest BCUT2D eigenvalue weighted by Crippen LogP contribution is -3.00. The molecule has 0 saturated carbocycles. The first-order chi connectivity index (χ1) is 15.9. The van der Waals surface area contributed by atoms with Crippen molar-refractivity contribution in [3.8, 4) is 0 Å². The van der Waals surface area contributed by atoms with Gasteiger partial charge in [0.15, 0.2) is 0 Å². The van der Waals surface area contributed by atoms with Crippen LogP contribution < -0.4 is 17.0 Å². The molecule has 1 saturated heterocycles. The molecule has 0 spiro atoms.